The number of fused-ring (bicyclic) bond motifs is 1. The molecule has 1 aliphatic heterocycles. The van der Waals surface area contributed by atoms with E-state index < -0.39 is 5.60 Å². The zero-order valence-corrected chi connectivity index (χ0v) is 15.4. The van der Waals surface area contributed by atoms with Crippen molar-refractivity contribution >= 4 is 17.8 Å². The van der Waals surface area contributed by atoms with Crippen LogP contribution < -0.4 is 5.32 Å². The van der Waals surface area contributed by atoms with Gasteiger partial charge in [-0.05, 0) is 39.3 Å². The molecule has 0 fully saturated rings. The normalized spacial score (nSPS) is 13.9. The van der Waals surface area contributed by atoms with Gasteiger partial charge in [-0.1, -0.05) is 6.07 Å². The third-order valence-electron chi connectivity index (χ3n) is 4.02. The first-order valence-corrected chi connectivity index (χ1v) is 8.49. The summed E-state index contributed by atoms with van der Waals surface area (Å²) in [5.74, 6) is 0.175. The van der Waals surface area contributed by atoms with Gasteiger partial charge in [-0.25, -0.2) is 9.78 Å². The molecular weight excluding hydrogens is 334 g/mol. The summed E-state index contributed by atoms with van der Waals surface area (Å²) in [6.07, 6.45) is 1.80. The van der Waals surface area contributed by atoms with Gasteiger partial charge in [0.25, 0.3) is 5.91 Å². The number of hydrogen-bond acceptors (Lipinski definition) is 5. The van der Waals surface area contributed by atoms with Crippen LogP contribution in [0.5, 0.6) is 0 Å². The van der Waals surface area contributed by atoms with E-state index in [0.29, 0.717) is 31.0 Å². The van der Waals surface area contributed by atoms with Crippen LogP contribution in [0.1, 0.15) is 42.5 Å². The van der Waals surface area contributed by atoms with E-state index in [1.54, 1.807) is 41.0 Å². The van der Waals surface area contributed by atoms with Crippen molar-refractivity contribution in [2.75, 3.05) is 11.9 Å². The number of carbonyl (C=O) groups is 2. The van der Waals surface area contributed by atoms with Crippen LogP contribution in [0.2, 0.25) is 0 Å². The summed E-state index contributed by atoms with van der Waals surface area (Å²) in [5, 5.41) is 7.11. The summed E-state index contributed by atoms with van der Waals surface area (Å²) < 4.78 is 7.09. The van der Waals surface area contributed by atoms with Crippen LogP contribution in [0.4, 0.5) is 10.6 Å². The average molecular weight is 357 g/mol. The Balaban J connectivity index is 1.77. The minimum atomic E-state index is -0.544. The van der Waals surface area contributed by atoms with Gasteiger partial charge in [-0.2, -0.15) is 5.10 Å². The first-order valence-electron chi connectivity index (χ1n) is 8.49. The number of hydrogen-bond donors (Lipinski definition) is 1. The Hall–Kier alpha value is -2.90. The Morgan fingerprint density at radius 1 is 1.27 bits per heavy atom. The van der Waals surface area contributed by atoms with Gasteiger partial charge >= 0.3 is 6.09 Å². The van der Waals surface area contributed by atoms with E-state index in [4.69, 9.17) is 4.74 Å². The SMILES string of the molecule is Cn1nc(C(=O)Nc2ccccn2)c2c1CN(C(=O)OC(C)(C)C)CC2. The largest absolute Gasteiger partial charge is 0.444 e. The Kier molecular flexibility index (Phi) is 4.67. The van der Waals surface area contributed by atoms with Gasteiger partial charge in [-0.3, -0.25) is 9.48 Å². The van der Waals surface area contributed by atoms with Gasteiger partial charge in [0.1, 0.15) is 11.4 Å². The number of aromatic nitrogens is 3. The summed E-state index contributed by atoms with van der Waals surface area (Å²) in [4.78, 5) is 30.6. The third kappa shape index (κ3) is 3.84. The van der Waals surface area contributed by atoms with E-state index in [2.05, 4.69) is 15.4 Å². The van der Waals surface area contributed by atoms with Gasteiger partial charge in [0, 0.05) is 25.4 Å². The van der Waals surface area contributed by atoms with Crippen LogP contribution in [0.3, 0.4) is 0 Å². The van der Waals surface area contributed by atoms with Crippen molar-refractivity contribution in [1.82, 2.24) is 19.7 Å². The Labute approximate surface area is 152 Å². The Morgan fingerprint density at radius 3 is 2.69 bits per heavy atom. The lowest BCUT2D eigenvalue weighted by Crippen LogP contribution is -2.40. The van der Waals surface area contributed by atoms with Gasteiger partial charge < -0.3 is 15.0 Å². The number of nitrogens with one attached hydrogen (secondary N) is 1. The minimum Gasteiger partial charge on any atom is -0.444 e. The molecule has 8 nitrogen and oxygen atoms in total. The fourth-order valence-electron chi connectivity index (χ4n) is 2.85. The molecule has 0 atom stereocenters. The third-order valence-corrected chi connectivity index (χ3v) is 4.02. The van der Waals surface area contributed by atoms with Crippen molar-refractivity contribution in [3.05, 3.63) is 41.3 Å². The second kappa shape index (κ2) is 6.78. The Morgan fingerprint density at radius 2 is 2.04 bits per heavy atom. The number of rotatable bonds is 2. The fraction of sp³-hybridized carbons (Fsp3) is 0.444. The highest BCUT2D eigenvalue weighted by atomic mass is 16.6. The molecule has 0 spiro atoms. The molecule has 0 unspecified atom stereocenters. The van der Waals surface area contributed by atoms with Crippen LogP contribution in [0.15, 0.2) is 24.4 Å². The van der Waals surface area contributed by atoms with Crippen LogP contribution in [-0.4, -0.2) is 43.8 Å². The van der Waals surface area contributed by atoms with Crippen molar-refractivity contribution < 1.29 is 14.3 Å². The lowest BCUT2D eigenvalue weighted by molar-refractivity contribution is 0.0219. The molecule has 1 aliphatic rings. The van der Waals surface area contributed by atoms with Gasteiger partial charge in [0.15, 0.2) is 5.69 Å². The van der Waals surface area contributed by atoms with Gasteiger partial charge in [0.05, 0.1) is 12.2 Å². The van der Waals surface area contributed by atoms with E-state index >= 15 is 0 Å². The number of carbonyl (C=O) groups excluding carboxylic acids is 2. The number of anilines is 1. The molecule has 138 valence electrons. The molecule has 8 heteroatoms. The van der Waals surface area contributed by atoms with E-state index in [0.717, 1.165) is 11.3 Å². The number of amides is 2. The summed E-state index contributed by atoms with van der Waals surface area (Å²) in [6, 6.07) is 5.30. The topological polar surface area (TPSA) is 89.4 Å². The smallest absolute Gasteiger partial charge is 0.410 e. The minimum absolute atomic E-state index is 0.300. The van der Waals surface area contributed by atoms with Crippen LogP contribution in [0, 0.1) is 0 Å². The second-order valence-corrected chi connectivity index (χ2v) is 7.22. The van der Waals surface area contributed by atoms with E-state index in [-0.39, 0.29) is 12.0 Å². The summed E-state index contributed by atoms with van der Waals surface area (Å²) in [6.45, 7) is 6.36. The lowest BCUT2D eigenvalue weighted by atomic mass is 10.0. The highest BCUT2D eigenvalue weighted by Crippen LogP contribution is 2.24. The number of ether oxygens (including phenoxy) is 1. The van der Waals surface area contributed by atoms with E-state index in [9.17, 15) is 9.59 Å². The monoisotopic (exact) mass is 357 g/mol. The molecule has 0 radical (unpaired) electrons. The van der Waals surface area contributed by atoms with Crippen LogP contribution >= 0.6 is 0 Å². The average Bonchev–Trinajstić information content (AvgIpc) is 2.91. The number of pyridine rings is 1. The number of aryl methyl sites for hydroxylation is 1. The van der Waals surface area contributed by atoms with Crippen molar-refractivity contribution in [1.29, 1.82) is 0 Å². The zero-order valence-electron chi connectivity index (χ0n) is 15.4. The fourth-order valence-corrected chi connectivity index (χ4v) is 2.85. The van der Waals surface area contributed by atoms with E-state index in [1.165, 1.54) is 0 Å². The standard InChI is InChI=1S/C18H23N5O3/c1-18(2,3)26-17(25)23-10-8-12-13(11-23)22(4)21-15(12)16(24)20-14-7-5-6-9-19-14/h5-7,9H,8,10-11H2,1-4H3,(H,19,20,24). The summed E-state index contributed by atoms with van der Waals surface area (Å²) in [5.41, 5.74) is 1.53. The summed E-state index contributed by atoms with van der Waals surface area (Å²) in [7, 11) is 1.77. The maximum absolute atomic E-state index is 12.6. The molecule has 0 saturated heterocycles. The molecule has 0 aliphatic carbocycles. The van der Waals surface area contributed by atoms with Gasteiger partial charge in [-0.15, -0.1) is 0 Å². The molecule has 2 aromatic heterocycles. The quantitative estimate of drug-likeness (QED) is 0.891. The van der Waals surface area contributed by atoms with Crippen LogP contribution in [-0.2, 0) is 24.8 Å². The van der Waals surface area contributed by atoms with Crippen LogP contribution in [0.25, 0.3) is 0 Å². The first-order chi connectivity index (χ1) is 12.2. The molecule has 26 heavy (non-hydrogen) atoms. The first kappa shape index (κ1) is 17.9. The molecule has 0 bridgehead atoms. The zero-order chi connectivity index (χ0) is 18.9. The van der Waals surface area contributed by atoms with Crippen molar-refractivity contribution in [2.24, 2.45) is 7.05 Å². The molecular formula is C18H23N5O3. The highest BCUT2D eigenvalue weighted by molar-refractivity contribution is 6.03. The van der Waals surface area contributed by atoms with Crippen molar-refractivity contribution in [3.8, 4) is 0 Å². The van der Waals surface area contributed by atoms with Crippen molar-refractivity contribution in [3.63, 3.8) is 0 Å². The van der Waals surface area contributed by atoms with E-state index in [1.807, 2.05) is 20.8 Å². The molecule has 0 saturated carbocycles. The lowest BCUT2D eigenvalue weighted by Gasteiger charge is -2.30. The molecule has 3 rings (SSSR count). The van der Waals surface area contributed by atoms with Gasteiger partial charge in [0.2, 0.25) is 0 Å². The maximum Gasteiger partial charge on any atom is 0.410 e. The maximum atomic E-state index is 12.6. The Bertz CT molecular complexity index is 823. The number of nitrogens with zero attached hydrogens (tertiary/aromatic N) is 4. The molecule has 2 aromatic rings. The van der Waals surface area contributed by atoms with Crippen molar-refractivity contribution in [2.45, 2.75) is 39.3 Å². The second-order valence-electron chi connectivity index (χ2n) is 7.22. The molecule has 2 amide bonds. The summed E-state index contributed by atoms with van der Waals surface area (Å²) >= 11 is 0. The molecule has 3 heterocycles. The molecule has 0 aromatic carbocycles. The highest BCUT2D eigenvalue weighted by Gasteiger charge is 2.31. The predicted octanol–water partition coefficient (Wildman–Crippen LogP) is 2.36. The predicted molar refractivity (Wildman–Crippen MR) is 95.7 cm³/mol. The molecule has 1 N–H and O–H groups in total.